The molecule has 0 fully saturated rings. The molecule has 0 amide bonds. The van der Waals surface area contributed by atoms with Gasteiger partial charge >= 0.3 is 0 Å². The summed E-state index contributed by atoms with van der Waals surface area (Å²) < 4.78 is 5.78. The van der Waals surface area contributed by atoms with Crippen LogP contribution in [-0.2, 0) is 6.42 Å². The second-order valence-corrected chi connectivity index (χ2v) is 5.65. The summed E-state index contributed by atoms with van der Waals surface area (Å²) in [7, 11) is 0. The van der Waals surface area contributed by atoms with E-state index in [9.17, 15) is 0 Å². The highest BCUT2D eigenvalue weighted by Crippen LogP contribution is 2.40. The molecule has 104 valence electrons. The minimum Gasteiger partial charge on any atom is -0.471 e. The van der Waals surface area contributed by atoms with Crippen LogP contribution in [0.5, 0.6) is 5.75 Å². The van der Waals surface area contributed by atoms with E-state index in [0.717, 1.165) is 19.0 Å². The number of rotatable bonds is 5. The minimum absolute atomic E-state index is 0.643. The number of hydrogen-bond donors (Lipinski definition) is 0. The molecule has 0 spiro atoms. The zero-order valence-corrected chi connectivity index (χ0v) is 12.1. The number of para-hydroxylation sites is 1. The first-order chi connectivity index (χ1) is 9.33. The van der Waals surface area contributed by atoms with Crippen LogP contribution in [0.4, 0.5) is 5.69 Å². The van der Waals surface area contributed by atoms with E-state index >= 15 is 0 Å². The molecule has 1 aromatic carbocycles. The Labute approximate surface area is 116 Å². The Balaban J connectivity index is 1.82. The lowest BCUT2D eigenvalue weighted by Gasteiger charge is -2.38. The molecule has 0 saturated carbocycles. The van der Waals surface area contributed by atoms with E-state index in [1.807, 2.05) is 0 Å². The topological polar surface area (TPSA) is 15.7 Å². The molecule has 0 N–H and O–H groups in total. The summed E-state index contributed by atoms with van der Waals surface area (Å²) in [6.07, 6.45) is 3.64. The van der Waals surface area contributed by atoms with Crippen molar-refractivity contribution < 1.29 is 4.74 Å². The third kappa shape index (κ3) is 2.32. The van der Waals surface area contributed by atoms with E-state index in [1.165, 1.54) is 43.6 Å². The molecular formula is C16H24N2O. The van der Waals surface area contributed by atoms with Crippen LogP contribution < -0.4 is 9.64 Å². The molecule has 2 aliphatic heterocycles. The maximum atomic E-state index is 5.78. The summed E-state index contributed by atoms with van der Waals surface area (Å²) in [6, 6.07) is 7.13. The SMILES string of the molecule is CCCN(CCC)C1Cc2cccc3c2N(CO3)C1. The van der Waals surface area contributed by atoms with Gasteiger partial charge in [0, 0.05) is 12.6 Å². The lowest BCUT2D eigenvalue weighted by molar-refractivity contribution is 0.189. The van der Waals surface area contributed by atoms with Crippen LogP contribution in [-0.4, -0.2) is 37.3 Å². The molecule has 2 aliphatic rings. The van der Waals surface area contributed by atoms with Crippen molar-refractivity contribution in [3.63, 3.8) is 0 Å². The van der Waals surface area contributed by atoms with E-state index < -0.39 is 0 Å². The second kappa shape index (κ2) is 5.41. The first kappa shape index (κ1) is 12.8. The molecule has 3 nitrogen and oxygen atoms in total. The van der Waals surface area contributed by atoms with Crippen molar-refractivity contribution in [1.29, 1.82) is 0 Å². The molecule has 0 saturated heterocycles. The van der Waals surface area contributed by atoms with Gasteiger partial charge in [-0.2, -0.15) is 0 Å². The normalized spacial score (nSPS) is 20.6. The zero-order valence-electron chi connectivity index (χ0n) is 12.1. The first-order valence-electron chi connectivity index (χ1n) is 7.57. The van der Waals surface area contributed by atoms with E-state index in [0.29, 0.717) is 6.04 Å². The number of anilines is 1. The molecule has 1 aromatic rings. The Hall–Kier alpha value is -1.22. The van der Waals surface area contributed by atoms with Crippen molar-refractivity contribution in [2.75, 3.05) is 31.3 Å². The van der Waals surface area contributed by atoms with Crippen molar-refractivity contribution >= 4 is 5.69 Å². The fourth-order valence-electron chi connectivity index (χ4n) is 3.43. The molecule has 0 bridgehead atoms. The van der Waals surface area contributed by atoms with Crippen LogP contribution in [0, 0.1) is 0 Å². The van der Waals surface area contributed by atoms with Crippen LogP contribution in [0.25, 0.3) is 0 Å². The fraction of sp³-hybridized carbons (Fsp3) is 0.625. The highest BCUT2D eigenvalue weighted by molar-refractivity contribution is 5.68. The third-order valence-corrected chi connectivity index (χ3v) is 4.20. The number of nitrogens with zero attached hydrogens (tertiary/aromatic N) is 2. The standard InChI is InChI=1S/C16H24N2O/c1-3-8-17(9-4-2)14-10-13-6-5-7-15-16(13)18(11-14)12-19-15/h5-7,14H,3-4,8-12H2,1-2H3. The average Bonchev–Trinajstić information content (AvgIpc) is 2.84. The van der Waals surface area contributed by atoms with Crippen LogP contribution in [0.1, 0.15) is 32.3 Å². The average molecular weight is 260 g/mol. The lowest BCUT2D eigenvalue weighted by atomic mass is 9.96. The predicted molar refractivity (Wildman–Crippen MR) is 78.9 cm³/mol. The molecule has 0 aromatic heterocycles. The van der Waals surface area contributed by atoms with Gasteiger partial charge in [-0.05, 0) is 44.0 Å². The lowest BCUT2D eigenvalue weighted by Crippen LogP contribution is -2.48. The molecule has 0 radical (unpaired) electrons. The number of ether oxygens (including phenoxy) is 1. The summed E-state index contributed by atoms with van der Waals surface area (Å²) >= 11 is 0. The van der Waals surface area contributed by atoms with E-state index in [-0.39, 0.29) is 0 Å². The predicted octanol–water partition coefficient (Wildman–Crippen LogP) is 2.89. The van der Waals surface area contributed by atoms with Gasteiger partial charge in [0.25, 0.3) is 0 Å². The zero-order chi connectivity index (χ0) is 13.2. The summed E-state index contributed by atoms with van der Waals surface area (Å²) in [5.41, 5.74) is 2.81. The summed E-state index contributed by atoms with van der Waals surface area (Å²) in [5.74, 6) is 1.08. The quantitative estimate of drug-likeness (QED) is 0.809. The van der Waals surface area contributed by atoms with Crippen LogP contribution in [0.2, 0.25) is 0 Å². The third-order valence-electron chi connectivity index (χ3n) is 4.20. The van der Waals surface area contributed by atoms with Gasteiger partial charge < -0.3 is 9.64 Å². The summed E-state index contributed by atoms with van der Waals surface area (Å²) in [6.45, 7) is 8.82. The molecule has 0 aliphatic carbocycles. The summed E-state index contributed by atoms with van der Waals surface area (Å²) in [5, 5.41) is 0. The van der Waals surface area contributed by atoms with E-state index in [1.54, 1.807) is 0 Å². The second-order valence-electron chi connectivity index (χ2n) is 5.65. The van der Waals surface area contributed by atoms with Gasteiger partial charge in [0.15, 0.2) is 6.73 Å². The van der Waals surface area contributed by atoms with E-state index in [2.05, 4.69) is 41.8 Å². The Bertz CT molecular complexity index is 440. The van der Waals surface area contributed by atoms with Gasteiger partial charge in [0.1, 0.15) is 5.75 Å². The largest absolute Gasteiger partial charge is 0.471 e. The van der Waals surface area contributed by atoms with Gasteiger partial charge in [0.05, 0.1) is 5.69 Å². The fourth-order valence-corrected chi connectivity index (χ4v) is 3.43. The van der Waals surface area contributed by atoms with Crippen molar-refractivity contribution in [2.24, 2.45) is 0 Å². The molecule has 3 rings (SSSR count). The van der Waals surface area contributed by atoms with Gasteiger partial charge in [-0.15, -0.1) is 0 Å². The van der Waals surface area contributed by atoms with Crippen LogP contribution >= 0.6 is 0 Å². The Morgan fingerprint density at radius 3 is 2.79 bits per heavy atom. The molecule has 2 heterocycles. The molecule has 19 heavy (non-hydrogen) atoms. The molecule has 3 heteroatoms. The van der Waals surface area contributed by atoms with Gasteiger partial charge in [-0.1, -0.05) is 26.0 Å². The maximum absolute atomic E-state index is 5.78. The van der Waals surface area contributed by atoms with Crippen LogP contribution in [0.3, 0.4) is 0 Å². The van der Waals surface area contributed by atoms with E-state index in [4.69, 9.17) is 4.74 Å². The van der Waals surface area contributed by atoms with Gasteiger partial charge in [0.2, 0.25) is 0 Å². The van der Waals surface area contributed by atoms with Crippen LogP contribution in [0.15, 0.2) is 18.2 Å². The summed E-state index contributed by atoms with van der Waals surface area (Å²) in [4.78, 5) is 5.07. The van der Waals surface area contributed by atoms with Crippen molar-refractivity contribution in [1.82, 2.24) is 4.90 Å². The van der Waals surface area contributed by atoms with Crippen molar-refractivity contribution in [3.05, 3.63) is 23.8 Å². The monoisotopic (exact) mass is 260 g/mol. The van der Waals surface area contributed by atoms with Crippen molar-refractivity contribution in [3.8, 4) is 5.75 Å². The Morgan fingerprint density at radius 2 is 2.05 bits per heavy atom. The maximum Gasteiger partial charge on any atom is 0.161 e. The van der Waals surface area contributed by atoms with Gasteiger partial charge in [-0.25, -0.2) is 0 Å². The minimum atomic E-state index is 0.643. The Morgan fingerprint density at radius 1 is 1.26 bits per heavy atom. The van der Waals surface area contributed by atoms with Crippen molar-refractivity contribution in [2.45, 2.75) is 39.2 Å². The molecule has 1 atom stereocenters. The highest BCUT2D eigenvalue weighted by atomic mass is 16.5. The number of benzene rings is 1. The number of hydrogen-bond acceptors (Lipinski definition) is 3. The smallest absolute Gasteiger partial charge is 0.161 e. The molecule has 1 unspecified atom stereocenters. The van der Waals surface area contributed by atoms with Gasteiger partial charge in [-0.3, -0.25) is 4.90 Å². The Kier molecular flexibility index (Phi) is 3.65. The highest BCUT2D eigenvalue weighted by Gasteiger charge is 2.33. The molecular weight excluding hydrogens is 236 g/mol. The first-order valence-corrected chi connectivity index (χ1v) is 7.57.